The van der Waals surface area contributed by atoms with Crippen LogP contribution in [0.2, 0.25) is 0 Å². The van der Waals surface area contributed by atoms with E-state index in [0.29, 0.717) is 15.9 Å². The molecule has 84 valence electrons. The van der Waals surface area contributed by atoms with Crippen LogP contribution in [0.25, 0.3) is 0 Å². The van der Waals surface area contributed by atoms with Crippen molar-refractivity contribution in [3.05, 3.63) is 42.1 Å². The van der Waals surface area contributed by atoms with Gasteiger partial charge in [-0.05, 0) is 12.8 Å². The van der Waals surface area contributed by atoms with Crippen LogP contribution in [0.3, 0.4) is 0 Å². The molecule has 0 aliphatic carbocycles. The van der Waals surface area contributed by atoms with Crippen LogP contribution in [0.4, 0.5) is 0 Å². The van der Waals surface area contributed by atoms with Gasteiger partial charge in [-0.15, -0.1) is 0 Å². The number of methoxy groups -OCH3 is 1. The highest BCUT2D eigenvalue weighted by Gasteiger charge is 1.96. The summed E-state index contributed by atoms with van der Waals surface area (Å²) >= 11 is 0. The maximum absolute atomic E-state index is 10.8. The lowest BCUT2D eigenvalue weighted by Crippen LogP contribution is -2.10. The summed E-state index contributed by atoms with van der Waals surface area (Å²) in [7, 11) is 2.14. The van der Waals surface area contributed by atoms with E-state index in [4.69, 9.17) is 0 Å². The second kappa shape index (κ2) is 7.88. The van der Waals surface area contributed by atoms with Gasteiger partial charge < -0.3 is 4.74 Å². The lowest BCUT2D eigenvalue weighted by Gasteiger charge is -1.96. The minimum absolute atomic E-state index is 0.126. The molecular weight excluding hydrogens is 216 g/mol. The monoisotopic (exact) mass is 232 g/mol. The van der Waals surface area contributed by atoms with Crippen molar-refractivity contribution >= 4 is 20.7 Å². The molecule has 0 spiro atoms. The summed E-state index contributed by atoms with van der Waals surface area (Å²) in [6.07, 6.45) is 4.45. The van der Waals surface area contributed by atoms with Crippen LogP contribution in [0.1, 0.15) is 19.3 Å². The molecule has 16 heavy (non-hydrogen) atoms. The number of hydrogen-bond donors (Lipinski definition) is 0. The van der Waals surface area contributed by atoms with E-state index in [1.165, 1.54) is 12.3 Å². The first-order valence-corrected chi connectivity index (χ1v) is 6.44. The molecule has 0 saturated carbocycles. The Labute approximate surface area is 99.1 Å². The van der Waals surface area contributed by atoms with Crippen molar-refractivity contribution in [2.24, 2.45) is 0 Å². The largest absolute Gasteiger partial charge is 0.469 e. The summed E-state index contributed by atoms with van der Waals surface area (Å²) in [6.45, 7) is 0. The van der Waals surface area contributed by atoms with Crippen molar-refractivity contribution in [3.63, 3.8) is 0 Å². The van der Waals surface area contributed by atoms with Crippen LogP contribution in [0.5, 0.6) is 0 Å². The highest BCUT2D eigenvalue weighted by molar-refractivity contribution is 6.58. The fraction of sp³-hybridized carbons (Fsp3) is 0.308. The molecule has 1 aromatic rings. The normalized spacial score (nSPS) is 10.6. The van der Waals surface area contributed by atoms with Crippen molar-refractivity contribution in [2.45, 2.75) is 19.3 Å². The predicted octanol–water partition coefficient (Wildman–Crippen LogP) is 1.87. The van der Waals surface area contributed by atoms with Gasteiger partial charge in [0.1, 0.15) is 9.52 Å². The Bertz CT molecular complexity index is 333. The average molecular weight is 232 g/mol. The molecule has 2 nitrogen and oxygen atoms in total. The zero-order chi connectivity index (χ0) is 11.6. The van der Waals surface area contributed by atoms with Crippen molar-refractivity contribution < 1.29 is 9.53 Å². The lowest BCUT2D eigenvalue weighted by molar-refractivity contribution is -0.140. The van der Waals surface area contributed by atoms with Crippen molar-refractivity contribution in [3.8, 4) is 0 Å². The summed E-state index contributed by atoms with van der Waals surface area (Å²) in [5.74, 6) is -0.126. The molecule has 0 fully saturated rings. The first-order valence-electron chi connectivity index (χ1n) is 5.36. The van der Waals surface area contributed by atoms with Gasteiger partial charge in [-0.2, -0.15) is 0 Å². The van der Waals surface area contributed by atoms with Crippen LogP contribution in [-0.2, 0) is 9.53 Å². The Morgan fingerprint density at radius 3 is 2.81 bits per heavy atom. The maximum atomic E-state index is 10.8. The number of allylic oxidation sites excluding steroid dienone is 1. The second-order valence-corrected chi connectivity index (χ2v) is 4.58. The molecule has 0 amide bonds. The average Bonchev–Trinajstić information content (AvgIpc) is 2.34. The highest BCUT2D eigenvalue weighted by Crippen LogP contribution is 1.97. The molecule has 0 aliphatic rings. The number of hydrogen-bond acceptors (Lipinski definition) is 2. The molecule has 1 rings (SSSR count). The third-order valence-electron chi connectivity index (χ3n) is 2.12. The van der Waals surface area contributed by atoms with Gasteiger partial charge in [0.15, 0.2) is 0 Å². The Balaban J connectivity index is 2.12. The van der Waals surface area contributed by atoms with Crippen molar-refractivity contribution in [1.82, 2.24) is 0 Å². The smallest absolute Gasteiger partial charge is 0.305 e. The Morgan fingerprint density at radius 2 is 2.12 bits per heavy atom. The molecule has 0 heterocycles. The number of esters is 1. The second-order valence-electron chi connectivity index (χ2n) is 3.38. The van der Waals surface area contributed by atoms with Crippen molar-refractivity contribution in [1.29, 1.82) is 0 Å². The molecule has 0 bridgehead atoms. The van der Waals surface area contributed by atoms with Gasteiger partial charge in [0.2, 0.25) is 0 Å². The zero-order valence-electron chi connectivity index (χ0n) is 9.48. The van der Waals surface area contributed by atoms with Crippen molar-refractivity contribution in [2.75, 3.05) is 7.11 Å². The molecule has 0 atom stereocenters. The van der Waals surface area contributed by atoms with Gasteiger partial charge in [-0.1, -0.05) is 47.3 Å². The van der Waals surface area contributed by atoms with Gasteiger partial charge in [-0.3, -0.25) is 4.79 Å². The molecule has 0 saturated heterocycles. The van der Waals surface area contributed by atoms with Crippen LogP contribution < -0.4 is 5.19 Å². The minimum Gasteiger partial charge on any atom is -0.469 e. The third kappa shape index (κ3) is 5.51. The van der Waals surface area contributed by atoms with Gasteiger partial charge in [0.25, 0.3) is 0 Å². The third-order valence-corrected chi connectivity index (χ3v) is 3.19. The van der Waals surface area contributed by atoms with Crippen LogP contribution in [0.15, 0.2) is 42.1 Å². The van der Waals surface area contributed by atoms with E-state index in [1.54, 1.807) is 0 Å². The van der Waals surface area contributed by atoms with Gasteiger partial charge in [-0.25, -0.2) is 0 Å². The van der Waals surface area contributed by atoms with E-state index in [0.717, 1.165) is 12.8 Å². The van der Waals surface area contributed by atoms with Gasteiger partial charge in [0.05, 0.1) is 7.11 Å². The summed E-state index contributed by atoms with van der Waals surface area (Å²) < 4.78 is 4.56. The zero-order valence-corrected chi connectivity index (χ0v) is 10.5. The topological polar surface area (TPSA) is 26.3 Å². The molecular formula is C13H16O2Si. The standard InChI is InChI=1S/C13H16O2Si/c1-15-13(14)10-6-3-7-11-16-12-8-4-2-5-9-12/h2,4-5,7-9,11H,3,6,10H2,1H3/b11-7+. The van der Waals surface area contributed by atoms with Gasteiger partial charge >= 0.3 is 5.97 Å². The SMILES string of the molecule is COC(=O)CCC/C=C/[Si]c1ccccc1. The Kier molecular flexibility index (Phi) is 6.26. The van der Waals surface area contributed by atoms with E-state index < -0.39 is 0 Å². The summed E-state index contributed by atoms with van der Waals surface area (Å²) in [5, 5.41) is 1.34. The number of carbonyl (C=O) groups excluding carboxylic acids is 1. The molecule has 3 heteroatoms. The number of rotatable bonds is 6. The van der Waals surface area contributed by atoms with E-state index in [2.05, 4.69) is 28.6 Å². The molecule has 0 unspecified atom stereocenters. The fourth-order valence-electron chi connectivity index (χ4n) is 1.24. The molecule has 0 aliphatic heterocycles. The molecule has 0 aromatic heterocycles. The quantitative estimate of drug-likeness (QED) is 0.425. The van der Waals surface area contributed by atoms with E-state index in [1.807, 2.05) is 18.2 Å². The molecule has 0 N–H and O–H groups in total. The van der Waals surface area contributed by atoms with Crippen LogP contribution in [0, 0.1) is 0 Å². The number of carbonyl (C=O) groups is 1. The summed E-state index contributed by atoms with van der Waals surface area (Å²) in [6, 6.07) is 10.4. The number of benzene rings is 1. The van der Waals surface area contributed by atoms with E-state index >= 15 is 0 Å². The number of unbranched alkanes of at least 4 members (excludes halogenated alkanes) is 1. The minimum atomic E-state index is -0.126. The number of ether oxygens (including phenoxy) is 1. The molecule has 1 aromatic carbocycles. The summed E-state index contributed by atoms with van der Waals surface area (Å²) in [5.41, 5.74) is 2.17. The first kappa shape index (κ1) is 12.7. The summed E-state index contributed by atoms with van der Waals surface area (Å²) in [4.78, 5) is 10.8. The van der Waals surface area contributed by atoms with Crippen LogP contribution in [-0.4, -0.2) is 22.6 Å². The predicted molar refractivity (Wildman–Crippen MR) is 66.8 cm³/mol. The maximum Gasteiger partial charge on any atom is 0.305 e. The Hall–Kier alpha value is -1.35. The van der Waals surface area contributed by atoms with Crippen LogP contribution >= 0.6 is 0 Å². The van der Waals surface area contributed by atoms with Gasteiger partial charge in [0, 0.05) is 6.42 Å². The lowest BCUT2D eigenvalue weighted by atomic mass is 10.2. The highest BCUT2D eigenvalue weighted by atomic mass is 28.2. The van der Waals surface area contributed by atoms with E-state index in [-0.39, 0.29) is 5.97 Å². The molecule has 2 radical (unpaired) electrons. The fourth-order valence-corrected chi connectivity index (χ4v) is 2.10. The van der Waals surface area contributed by atoms with E-state index in [9.17, 15) is 4.79 Å². The Morgan fingerprint density at radius 1 is 1.38 bits per heavy atom. The first-order chi connectivity index (χ1) is 7.83.